The topological polar surface area (TPSA) is 68.5 Å². The van der Waals surface area contributed by atoms with E-state index in [2.05, 4.69) is 0 Å². The summed E-state index contributed by atoms with van der Waals surface area (Å²) in [6, 6.07) is 4.79. The SMILES string of the molecule is CCCCOC(=O)[C@H](C)c1c(C)n(C(=O)c2ccc(F)c(F)c2)c2cc(F)c(O)cc12. The molecule has 0 saturated heterocycles. The Bertz CT molecular complexity index is 1170. The van der Waals surface area contributed by atoms with Crippen LogP contribution in [0.5, 0.6) is 5.75 Å². The number of nitrogens with zero attached hydrogens (tertiary/aromatic N) is 1. The van der Waals surface area contributed by atoms with Crippen molar-refractivity contribution in [2.24, 2.45) is 0 Å². The fourth-order valence-corrected chi connectivity index (χ4v) is 3.57. The Morgan fingerprint density at radius 3 is 2.45 bits per heavy atom. The zero-order valence-electron chi connectivity index (χ0n) is 17.3. The molecule has 0 bridgehead atoms. The fraction of sp³-hybridized carbons (Fsp3) is 0.304. The lowest BCUT2D eigenvalue weighted by Gasteiger charge is -2.13. The third-order valence-corrected chi connectivity index (χ3v) is 5.22. The van der Waals surface area contributed by atoms with E-state index in [4.69, 9.17) is 4.74 Å². The zero-order chi connectivity index (χ0) is 22.9. The summed E-state index contributed by atoms with van der Waals surface area (Å²) in [7, 11) is 0. The predicted molar refractivity (Wildman–Crippen MR) is 109 cm³/mol. The summed E-state index contributed by atoms with van der Waals surface area (Å²) in [4.78, 5) is 25.7. The largest absolute Gasteiger partial charge is 0.505 e. The number of carbonyl (C=O) groups is 2. The highest BCUT2D eigenvalue weighted by Crippen LogP contribution is 2.36. The molecule has 0 amide bonds. The van der Waals surface area contributed by atoms with E-state index in [1.165, 1.54) is 0 Å². The molecule has 1 heterocycles. The van der Waals surface area contributed by atoms with Crippen LogP contribution in [0.3, 0.4) is 0 Å². The number of aromatic hydroxyl groups is 1. The number of phenols is 1. The van der Waals surface area contributed by atoms with Crippen LogP contribution < -0.4 is 0 Å². The van der Waals surface area contributed by atoms with E-state index < -0.39 is 41.0 Å². The van der Waals surface area contributed by atoms with Crippen LogP contribution in [-0.4, -0.2) is 28.2 Å². The van der Waals surface area contributed by atoms with Gasteiger partial charge in [0.05, 0.1) is 18.0 Å². The molecule has 5 nitrogen and oxygen atoms in total. The molecule has 3 aromatic rings. The number of ether oxygens (including phenoxy) is 1. The maximum absolute atomic E-state index is 14.1. The molecule has 2 aromatic carbocycles. The zero-order valence-corrected chi connectivity index (χ0v) is 17.3. The van der Waals surface area contributed by atoms with E-state index in [-0.39, 0.29) is 23.1 Å². The number of rotatable bonds is 6. The van der Waals surface area contributed by atoms with Gasteiger partial charge in [0.25, 0.3) is 5.91 Å². The average Bonchev–Trinajstić information content (AvgIpc) is 3.00. The number of benzene rings is 2. The average molecular weight is 433 g/mol. The molecule has 164 valence electrons. The summed E-state index contributed by atoms with van der Waals surface area (Å²) in [5, 5.41) is 10.2. The van der Waals surface area contributed by atoms with E-state index in [9.17, 15) is 27.9 Å². The first-order chi connectivity index (χ1) is 14.7. The van der Waals surface area contributed by atoms with Gasteiger partial charge in [0, 0.05) is 22.7 Å². The Hall–Kier alpha value is -3.29. The Morgan fingerprint density at radius 1 is 1.10 bits per heavy atom. The second-order valence-electron chi connectivity index (χ2n) is 7.33. The first-order valence-electron chi connectivity index (χ1n) is 9.87. The highest BCUT2D eigenvalue weighted by Gasteiger charge is 2.28. The van der Waals surface area contributed by atoms with Crippen molar-refractivity contribution < 1.29 is 32.6 Å². The second kappa shape index (κ2) is 8.83. The van der Waals surface area contributed by atoms with Gasteiger partial charge in [-0.15, -0.1) is 0 Å². The molecular weight excluding hydrogens is 411 g/mol. The van der Waals surface area contributed by atoms with E-state index in [0.717, 1.165) is 41.3 Å². The van der Waals surface area contributed by atoms with Crippen LogP contribution in [0.15, 0.2) is 30.3 Å². The molecule has 1 N–H and O–H groups in total. The van der Waals surface area contributed by atoms with Gasteiger partial charge in [-0.2, -0.15) is 0 Å². The maximum Gasteiger partial charge on any atom is 0.313 e. The van der Waals surface area contributed by atoms with Crippen molar-refractivity contribution in [2.75, 3.05) is 6.61 Å². The van der Waals surface area contributed by atoms with E-state index in [0.29, 0.717) is 17.7 Å². The summed E-state index contributed by atoms with van der Waals surface area (Å²) in [6.07, 6.45) is 1.54. The van der Waals surface area contributed by atoms with Crippen LogP contribution in [0.2, 0.25) is 0 Å². The molecule has 0 aliphatic heterocycles. The van der Waals surface area contributed by atoms with Crippen LogP contribution in [0.25, 0.3) is 10.9 Å². The molecule has 8 heteroatoms. The molecule has 0 fully saturated rings. The molecule has 0 unspecified atom stereocenters. The van der Waals surface area contributed by atoms with E-state index in [1.54, 1.807) is 13.8 Å². The van der Waals surface area contributed by atoms with E-state index >= 15 is 0 Å². The van der Waals surface area contributed by atoms with Crippen LogP contribution >= 0.6 is 0 Å². The molecule has 0 aliphatic rings. The van der Waals surface area contributed by atoms with Crippen molar-refractivity contribution in [3.63, 3.8) is 0 Å². The van der Waals surface area contributed by atoms with Crippen molar-refractivity contribution in [3.05, 3.63) is 64.6 Å². The number of halogens is 3. The lowest BCUT2D eigenvalue weighted by Crippen LogP contribution is -2.17. The van der Waals surface area contributed by atoms with Crippen molar-refractivity contribution >= 4 is 22.8 Å². The molecule has 0 aliphatic carbocycles. The summed E-state index contributed by atoms with van der Waals surface area (Å²) in [5.74, 6) is -5.98. The van der Waals surface area contributed by atoms with Crippen molar-refractivity contribution in [3.8, 4) is 5.75 Å². The maximum atomic E-state index is 14.1. The Labute approximate surface area is 177 Å². The van der Waals surface area contributed by atoms with E-state index in [1.807, 2.05) is 6.92 Å². The standard InChI is InChI=1S/C23H22F3NO4/c1-4-5-8-31-23(30)12(2)21-13(3)27(19-11-18(26)20(28)10-15(19)21)22(29)14-6-7-16(24)17(25)9-14/h6-7,9-12,28H,4-5,8H2,1-3H3/t12-/m1/s1. The number of hydrogen-bond donors (Lipinski definition) is 1. The second-order valence-corrected chi connectivity index (χ2v) is 7.33. The molecule has 0 radical (unpaired) electrons. The van der Waals surface area contributed by atoms with Crippen molar-refractivity contribution in [1.82, 2.24) is 4.57 Å². The third-order valence-electron chi connectivity index (χ3n) is 5.22. The van der Waals surface area contributed by atoms with Crippen LogP contribution in [-0.2, 0) is 9.53 Å². The van der Waals surface area contributed by atoms with Crippen LogP contribution in [0, 0.1) is 24.4 Å². The first-order valence-corrected chi connectivity index (χ1v) is 9.87. The summed E-state index contributed by atoms with van der Waals surface area (Å²) in [5.41, 5.74) is 0.611. The van der Waals surface area contributed by atoms with Crippen LogP contribution in [0.4, 0.5) is 13.2 Å². The highest BCUT2D eigenvalue weighted by atomic mass is 19.2. The third kappa shape index (κ3) is 4.15. The Morgan fingerprint density at radius 2 is 1.81 bits per heavy atom. The minimum absolute atomic E-state index is 0.0886. The quantitative estimate of drug-likeness (QED) is 0.428. The number of fused-ring (bicyclic) bond motifs is 1. The molecule has 1 aromatic heterocycles. The van der Waals surface area contributed by atoms with Gasteiger partial charge < -0.3 is 9.84 Å². The number of phenolic OH excluding ortho intramolecular Hbond substituents is 1. The molecule has 1 atom stereocenters. The van der Waals surface area contributed by atoms with Gasteiger partial charge in [0.1, 0.15) is 0 Å². The normalized spacial score (nSPS) is 12.2. The lowest BCUT2D eigenvalue weighted by atomic mass is 9.98. The van der Waals surface area contributed by atoms with Gasteiger partial charge in [-0.25, -0.2) is 13.2 Å². The van der Waals surface area contributed by atoms with Gasteiger partial charge in [0.2, 0.25) is 0 Å². The smallest absolute Gasteiger partial charge is 0.313 e. The van der Waals surface area contributed by atoms with Gasteiger partial charge >= 0.3 is 5.97 Å². The Balaban J connectivity index is 2.17. The minimum atomic E-state index is -1.20. The Kier molecular flexibility index (Phi) is 6.38. The summed E-state index contributed by atoms with van der Waals surface area (Å²) < 4.78 is 47.5. The summed E-state index contributed by atoms with van der Waals surface area (Å²) in [6.45, 7) is 5.34. The predicted octanol–water partition coefficient (Wildman–Crippen LogP) is 5.21. The minimum Gasteiger partial charge on any atom is -0.505 e. The molecule has 3 rings (SSSR count). The monoisotopic (exact) mass is 433 g/mol. The highest BCUT2D eigenvalue weighted by molar-refractivity contribution is 6.05. The van der Waals surface area contributed by atoms with Crippen molar-refractivity contribution in [2.45, 2.75) is 39.5 Å². The molecule has 0 saturated carbocycles. The summed E-state index contributed by atoms with van der Waals surface area (Å²) >= 11 is 0. The number of aromatic nitrogens is 1. The molecule has 0 spiro atoms. The van der Waals surface area contributed by atoms with Crippen molar-refractivity contribution in [1.29, 1.82) is 0 Å². The van der Waals surface area contributed by atoms with Gasteiger partial charge in [-0.3, -0.25) is 14.2 Å². The number of hydrogen-bond acceptors (Lipinski definition) is 4. The molecular formula is C23H22F3NO4. The first kappa shape index (κ1) is 22.4. The molecule has 31 heavy (non-hydrogen) atoms. The number of esters is 1. The van der Waals surface area contributed by atoms with Gasteiger partial charge in [0.15, 0.2) is 23.2 Å². The van der Waals surface area contributed by atoms with Gasteiger partial charge in [-0.05, 0) is 50.1 Å². The number of carbonyl (C=O) groups excluding carboxylic acids is 2. The lowest BCUT2D eigenvalue weighted by molar-refractivity contribution is -0.145. The fourth-order valence-electron chi connectivity index (χ4n) is 3.57. The number of unbranched alkanes of at least 4 members (excludes halogenated alkanes) is 1. The van der Waals surface area contributed by atoms with Gasteiger partial charge in [-0.1, -0.05) is 13.3 Å². The van der Waals surface area contributed by atoms with Crippen LogP contribution in [0.1, 0.15) is 54.2 Å².